The zero-order valence-corrected chi connectivity index (χ0v) is 14.9. The van der Waals surface area contributed by atoms with Gasteiger partial charge in [-0.1, -0.05) is 19.9 Å². The fourth-order valence-corrected chi connectivity index (χ4v) is 7.26. The smallest absolute Gasteiger partial charge is 0.133 e. The number of allylic oxidation sites excluding steroid dienone is 2. The fourth-order valence-electron chi connectivity index (χ4n) is 7.26. The Kier molecular flexibility index (Phi) is 3.00. The average Bonchev–Trinajstić information content (AvgIpc) is 3.22. The van der Waals surface area contributed by atoms with Gasteiger partial charge in [-0.2, -0.15) is 0 Å². The molecule has 1 heterocycles. The molecule has 1 aromatic rings. The lowest BCUT2D eigenvalue weighted by Gasteiger charge is -2.57. The van der Waals surface area contributed by atoms with Crippen molar-refractivity contribution in [3.8, 4) is 0 Å². The highest BCUT2D eigenvalue weighted by molar-refractivity contribution is 5.82. The van der Waals surface area contributed by atoms with Crippen LogP contribution in [0.2, 0.25) is 0 Å². The van der Waals surface area contributed by atoms with E-state index >= 15 is 0 Å². The van der Waals surface area contributed by atoms with Crippen LogP contribution in [0.4, 0.5) is 0 Å². The lowest BCUT2D eigenvalue weighted by Crippen LogP contribution is -2.50. The van der Waals surface area contributed by atoms with Gasteiger partial charge in [0.1, 0.15) is 5.78 Å². The Morgan fingerprint density at radius 1 is 1.21 bits per heavy atom. The summed E-state index contributed by atoms with van der Waals surface area (Å²) in [6.45, 7) is 4.93. The second kappa shape index (κ2) is 4.83. The molecule has 1 aromatic heterocycles. The predicted octanol–water partition coefficient (Wildman–Crippen LogP) is 4.56. The molecule has 128 valence electrons. The van der Waals surface area contributed by atoms with E-state index in [4.69, 9.17) is 0 Å². The Balaban J connectivity index is 1.48. The molecule has 0 amide bonds. The second-order valence-corrected chi connectivity index (χ2v) is 9.33. The molecule has 5 rings (SSSR count). The van der Waals surface area contributed by atoms with Crippen molar-refractivity contribution in [1.82, 2.24) is 9.55 Å². The maximum Gasteiger partial charge on any atom is 0.133 e. The van der Waals surface area contributed by atoms with Crippen molar-refractivity contribution in [2.75, 3.05) is 0 Å². The van der Waals surface area contributed by atoms with Crippen LogP contribution >= 0.6 is 0 Å². The van der Waals surface area contributed by atoms with Crippen molar-refractivity contribution in [3.05, 3.63) is 24.8 Å². The third kappa shape index (κ3) is 1.79. The number of ketones is 1. The molecule has 0 bridgehead atoms. The van der Waals surface area contributed by atoms with Crippen LogP contribution in [0.25, 0.3) is 5.70 Å². The number of carbonyl (C=O) groups is 1. The average molecular weight is 324 g/mol. The van der Waals surface area contributed by atoms with Gasteiger partial charge in [0.2, 0.25) is 0 Å². The van der Waals surface area contributed by atoms with E-state index in [1.807, 2.05) is 12.5 Å². The van der Waals surface area contributed by atoms with Gasteiger partial charge in [-0.05, 0) is 61.2 Å². The molecule has 0 aromatic carbocycles. The lowest BCUT2D eigenvalue weighted by atomic mass is 9.48. The first-order valence-corrected chi connectivity index (χ1v) is 9.73. The zero-order chi connectivity index (χ0) is 16.5. The monoisotopic (exact) mass is 324 g/mol. The highest BCUT2D eigenvalue weighted by Gasteiger charge is 2.60. The number of carbonyl (C=O) groups excluding carboxylic acids is 1. The van der Waals surface area contributed by atoms with Gasteiger partial charge in [0.25, 0.3) is 0 Å². The highest BCUT2D eigenvalue weighted by Crippen LogP contribution is 2.67. The van der Waals surface area contributed by atoms with E-state index in [-0.39, 0.29) is 5.41 Å². The molecule has 0 unspecified atom stereocenters. The highest BCUT2D eigenvalue weighted by atomic mass is 16.1. The zero-order valence-electron chi connectivity index (χ0n) is 14.9. The summed E-state index contributed by atoms with van der Waals surface area (Å²) >= 11 is 0. The van der Waals surface area contributed by atoms with E-state index in [2.05, 4.69) is 35.7 Å². The standard InChI is InChI=1S/C21H28N2O/c1-20-8-7-18-16(4-3-14-11-15(24)12-21(14,18)2)17(20)5-6-19(20)23-10-9-22-13-23/h6,9-10,13-14,16-18H,3-5,7-8,11-12H2,1-2H3/t14-,16-,17-,18-,20-,21-/m0/s1. The van der Waals surface area contributed by atoms with Gasteiger partial charge in [-0.3, -0.25) is 4.79 Å². The number of nitrogens with zero attached hydrogens (tertiary/aromatic N) is 2. The molecule has 4 aliphatic rings. The Morgan fingerprint density at radius 3 is 2.88 bits per heavy atom. The van der Waals surface area contributed by atoms with Gasteiger partial charge in [0.15, 0.2) is 0 Å². The molecule has 0 saturated heterocycles. The van der Waals surface area contributed by atoms with Crippen LogP contribution in [-0.4, -0.2) is 15.3 Å². The molecule has 3 fully saturated rings. The molecule has 3 saturated carbocycles. The SMILES string of the molecule is C[C@]12CC(=O)C[C@@H]1CC[C@@H]1[C@@H]2CC[C@]2(C)C(n3ccnc3)=CC[C@@H]12. The fraction of sp³-hybridized carbons (Fsp3) is 0.714. The minimum atomic E-state index is 0.285. The quantitative estimate of drug-likeness (QED) is 0.759. The van der Waals surface area contributed by atoms with E-state index in [1.54, 1.807) is 0 Å². The van der Waals surface area contributed by atoms with Crippen LogP contribution < -0.4 is 0 Å². The van der Waals surface area contributed by atoms with Gasteiger partial charge < -0.3 is 4.57 Å². The van der Waals surface area contributed by atoms with Crippen molar-refractivity contribution < 1.29 is 4.79 Å². The molecule has 0 aliphatic heterocycles. The summed E-state index contributed by atoms with van der Waals surface area (Å²) < 4.78 is 2.24. The molecule has 0 spiro atoms. The molecule has 4 aliphatic carbocycles. The summed E-state index contributed by atoms with van der Waals surface area (Å²) in [6, 6.07) is 0. The Labute approximate surface area is 144 Å². The number of fused-ring (bicyclic) bond motifs is 5. The number of hydrogen-bond acceptors (Lipinski definition) is 2. The third-order valence-electron chi connectivity index (χ3n) is 8.44. The summed E-state index contributed by atoms with van der Waals surface area (Å²) in [6.07, 6.45) is 16.5. The van der Waals surface area contributed by atoms with Crippen molar-refractivity contribution >= 4 is 11.5 Å². The summed E-state index contributed by atoms with van der Waals surface area (Å²) in [5.74, 6) is 3.50. The largest absolute Gasteiger partial charge is 0.310 e. The Morgan fingerprint density at radius 2 is 2.08 bits per heavy atom. The van der Waals surface area contributed by atoms with Gasteiger partial charge in [-0.15, -0.1) is 0 Å². The van der Waals surface area contributed by atoms with E-state index in [9.17, 15) is 4.79 Å². The lowest BCUT2D eigenvalue weighted by molar-refractivity contribution is -0.118. The van der Waals surface area contributed by atoms with Crippen LogP contribution in [0, 0.1) is 34.5 Å². The van der Waals surface area contributed by atoms with Crippen LogP contribution in [0.1, 0.15) is 58.8 Å². The number of rotatable bonds is 1. The van der Waals surface area contributed by atoms with Crippen molar-refractivity contribution in [3.63, 3.8) is 0 Å². The summed E-state index contributed by atoms with van der Waals surface area (Å²) in [7, 11) is 0. The van der Waals surface area contributed by atoms with Gasteiger partial charge in [-0.25, -0.2) is 4.98 Å². The van der Waals surface area contributed by atoms with Crippen LogP contribution in [0.15, 0.2) is 24.8 Å². The van der Waals surface area contributed by atoms with Crippen LogP contribution in [0.5, 0.6) is 0 Å². The van der Waals surface area contributed by atoms with Gasteiger partial charge >= 0.3 is 0 Å². The van der Waals surface area contributed by atoms with Crippen LogP contribution in [0.3, 0.4) is 0 Å². The molecule has 3 heteroatoms. The molecule has 24 heavy (non-hydrogen) atoms. The minimum absolute atomic E-state index is 0.285. The Bertz CT molecular complexity index is 705. The van der Waals surface area contributed by atoms with Crippen molar-refractivity contribution in [2.45, 2.75) is 58.8 Å². The van der Waals surface area contributed by atoms with Crippen molar-refractivity contribution in [2.24, 2.45) is 34.5 Å². The molecule has 6 atom stereocenters. The topological polar surface area (TPSA) is 34.9 Å². The second-order valence-electron chi connectivity index (χ2n) is 9.33. The summed E-state index contributed by atoms with van der Waals surface area (Å²) in [5, 5.41) is 0. The van der Waals surface area contributed by atoms with Crippen LogP contribution in [-0.2, 0) is 4.79 Å². The van der Waals surface area contributed by atoms with Crippen molar-refractivity contribution in [1.29, 1.82) is 0 Å². The molecule has 3 nitrogen and oxygen atoms in total. The maximum atomic E-state index is 12.2. The summed E-state index contributed by atoms with van der Waals surface area (Å²) in [5.41, 5.74) is 2.05. The van der Waals surface area contributed by atoms with E-state index < -0.39 is 0 Å². The van der Waals surface area contributed by atoms with Gasteiger partial charge in [0.05, 0.1) is 6.33 Å². The Hall–Kier alpha value is -1.38. The number of Topliss-reactive ketones (excluding diaryl/α,β-unsaturated/α-hetero) is 1. The molecule has 0 radical (unpaired) electrons. The first-order chi connectivity index (χ1) is 11.5. The normalized spacial score (nSPS) is 47.1. The van der Waals surface area contributed by atoms with E-state index in [0.717, 1.165) is 30.6 Å². The first-order valence-electron chi connectivity index (χ1n) is 9.73. The molecular formula is C21H28N2O. The third-order valence-corrected chi connectivity index (χ3v) is 8.44. The number of hydrogen-bond donors (Lipinski definition) is 0. The van der Waals surface area contributed by atoms with E-state index in [1.165, 1.54) is 37.8 Å². The maximum absolute atomic E-state index is 12.2. The molecular weight excluding hydrogens is 296 g/mol. The predicted molar refractivity (Wildman–Crippen MR) is 94.0 cm³/mol. The van der Waals surface area contributed by atoms with Gasteiger partial charge in [0, 0.05) is 36.3 Å². The first kappa shape index (κ1) is 14.9. The number of imidazole rings is 1. The minimum Gasteiger partial charge on any atom is -0.310 e. The summed E-state index contributed by atoms with van der Waals surface area (Å²) in [4.78, 5) is 16.4. The molecule has 0 N–H and O–H groups in total. The number of aromatic nitrogens is 2. The van der Waals surface area contributed by atoms with E-state index in [0.29, 0.717) is 17.1 Å².